The van der Waals surface area contributed by atoms with Gasteiger partial charge in [-0.05, 0) is 31.2 Å². The van der Waals surface area contributed by atoms with Crippen LogP contribution in [0.15, 0.2) is 53.4 Å². The van der Waals surface area contributed by atoms with Crippen LogP contribution in [0.25, 0.3) is 0 Å². The number of quaternary nitrogens is 1. The lowest BCUT2D eigenvalue weighted by atomic mass is 10.2. The maximum Gasteiger partial charge on any atom is 0.261 e. The van der Waals surface area contributed by atoms with E-state index in [1.54, 1.807) is 6.07 Å². The highest BCUT2D eigenvalue weighted by molar-refractivity contribution is 7.92. The van der Waals surface area contributed by atoms with Crippen LogP contribution in [-0.4, -0.2) is 47.4 Å². The number of nitrogens with zero attached hydrogens (tertiary/aromatic N) is 1. The van der Waals surface area contributed by atoms with Crippen molar-refractivity contribution in [2.24, 2.45) is 0 Å². The van der Waals surface area contributed by atoms with E-state index in [1.807, 2.05) is 18.2 Å². The monoisotopic (exact) mass is 374 g/mol. The van der Waals surface area contributed by atoms with Gasteiger partial charge in [0, 0.05) is 5.56 Å². The molecule has 1 saturated heterocycles. The molecule has 0 spiro atoms. The van der Waals surface area contributed by atoms with Crippen LogP contribution in [0.2, 0.25) is 0 Å². The molecule has 26 heavy (non-hydrogen) atoms. The third-order valence-corrected chi connectivity index (χ3v) is 6.06. The van der Waals surface area contributed by atoms with Gasteiger partial charge in [0.15, 0.2) is 5.78 Å². The fourth-order valence-electron chi connectivity index (χ4n) is 3.04. The molecule has 0 radical (unpaired) electrons. The molecule has 1 aliphatic heterocycles. The second kappa shape index (κ2) is 7.47. The number of anilines is 2. The van der Waals surface area contributed by atoms with Gasteiger partial charge in [-0.25, -0.2) is 8.42 Å². The number of benzene rings is 2. The van der Waals surface area contributed by atoms with Crippen LogP contribution in [0.3, 0.4) is 0 Å². The normalized spacial score (nSPS) is 15.7. The minimum Gasteiger partial charge on any atom is -0.359 e. The van der Waals surface area contributed by atoms with E-state index < -0.39 is 10.0 Å². The summed E-state index contributed by atoms with van der Waals surface area (Å²) in [6.07, 6.45) is 0. The molecule has 0 atom stereocenters. The highest BCUT2D eigenvalue weighted by atomic mass is 32.2. The molecule has 0 aromatic heterocycles. The molecule has 7 heteroatoms. The molecule has 0 amide bonds. The highest BCUT2D eigenvalue weighted by Gasteiger charge is 2.22. The third kappa shape index (κ3) is 4.05. The number of para-hydroxylation sites is 2. The first kappa shape index (κ1) is 18.4. The van der Waals surface area contributed by atoms with Crippen molar-refractivity contribution in [3.8, 4) is 0 Å². The fraction of sp³-hybridized carbons (Fsp3) is 0.316. The van der Waals surface area contributed by atoms with Gasteiger partial charge >= 0.3 is 0 Å². The van der Waals surface area contributed by atoms with E-state index in [0.29, 0.717) is 11.3 Å². The molecule has 1 heterocycles. The zero-order chi connectivity index (χ0) is 18.7. The van der Waals surface area contributed by atoms with Crippen LogP contribution in [0.1, 0.15) is 17.3 Å². The van der Waals surface area contributed by atoms with Crippen LogP contribution in [-0.2, 0) is 10.0 Å². The summed E-state index contributed by atoms with van der Waals surface area (Å²) in [4.78, 5) is 15.2. The standard InChI is InChI=1S/C19H23N3O3S/c1-15(23)16-7-9-17(10-8-16)26(24,25)20-18-5-3-4-6-19(18)22-13-11-21(2)12-14-22/h3-10,20H,11-14H2,1-2H3/p+1. The molecule has 0 aliphatic carbocycles. The predicted octanol–water partition coefficient (Wildman–Crippen LogP) is 1.02. The summed E-state index contributed by atoms with van der Waals surface area (Å²) in [5.74, 6) is -0.0931. The summed E-state index contributed by atoms with van der Waals surface area (Å²) < 4.78 is 28.2. The van der Waals surface area contributed by atoms with Gasteiger partial charge in [-0.2, -0.15) is 0 Å². The molecule has 3 rings (SSSR count). The lowest BCUT2D eigenvalue weighted by Gasteiger charge is -2.33. The number of likely N-dealkylation sites (N-methyl/N-ethyl adjacent to an activating group) is 1. The van der Waals surface area contributed by atoms with Gasteiger partial charge in [0.25, 0.3) is 10.0 Å². The number of hydrogen-bond acceptors (Lipinski definition) is 4. The number of ketones is 1. The third-order valence-electron chi connectivity index (χ3n) is 4.68. The fourth-order valence-corrected chi connectivity index (χ4v) is 4.11. The molecule has 2 N–H and O–H groups in total. The molecule has 6 nitrogen and oxygen atoms in total. The number of carbonyl (C=O) groups excluding carboxylic acids is 1. The maximum atomic E-state index is 12.8. The zero-order valence-electron chi connectivity index (χ0n) is 15.0. The Hall–Kier alpha value is -2.38. The Kier molecular flexibility index (Phi) is 5.29. The largest absolute Gasteiger partial charge is 0.359 e. The minimum absolute atomic E-state index is 0.0931. The van der Waals surface area contributed by atoms with Crippen molar-refractivity contribution in [2.45, 2.75) is 11.8 Å². The number of carbonyl (C=O) groups is 1. The Morgan fingerprint density at radius 2 is 1.65 bits per heavy atom. The van der Waals surface area contributed by atoms with Crippen LogP contribution in [0.4, 0.5) is 11.4 Å². The van der Waals surface area contributed by atoms with E-state index in [2.05, 4.69) is 16.7 Å². The molecule has 0 saturated carbocycles. The Balaban J connectivity index is 1.85. The number of piperazine rings is 1. The summed E-state index contributed by atoms with van der Waals surface area (Å²) in [5, 5.41) is 0. The van der Waals surface area contributed by atoms with Crippen molar-refractivity contribution in [1.29, 1.82) is 0 Å². The van der Waals surface area contributed by atoms with E-state index >= 15 is 0 Å². The van der Waals surface area contributed by atoms with Crippen molar-refractivity contribution in [3.63, 3.8) is 0 Å². The molecular weight excluding hydrogens is 350 g/mol. The average Bonchev–Trinajstić information content (AvgIpc) is 2.63. The highest BCUT2D eigenvalue weighted by Crippen LogP contribution is 2.28. The molecule has 1 fully saturated rings. The summed E-state index contributed by atoms with van der Waals surface area (Å²) in [5.41, 5.74) is 1.95. The minimum atomic E-state index is -3.72. The van der Waals surface area contributed by atoms with Crippen molar-refractivity contribution in [2.75, 3.05) is 42.8 Å². The van der Waals surface area contributed by atoms with Gasteiger partial charge in [0.05, 0.1) is 49.5 Å². The number of sulfonamides is 1. The van der Waals surface area contributed by atoms with Crippen molar-refractivity contribution < 1.29 is 18.1 Å². The molecule has 1 aliphatic rings. The molecule has 2 aromatic carbocycles. The van der Waals surface area contributed by atoms with Crippen LogP contribution in [0.5, 0.6) is 0 Å². The smallest absolute Gasteiger partial charge is 0.261 e. The number of rotatable bonds is 5. The molecule has 0 bridgehead atoms. The van der Waals surface area contributed by atoms with E-state index in [9.17, 15) is 13.2 Å². The average molecular weight is 374 g/mol. The molecule has 2 aromatic rings. The van der Waals surface area contributed by atoms with Gasteiger partial charge in [0.2, 0.25) is 0 Å². The van der Waals surface area contributed by atoms with Crippen LogP contribution >= 0.6 is 0 Å². The maximum absolute atomic E-state index is 12.8. The Morgan fingerprint density at radius 3 is 2.27 bits per heavy atom. The summed E-state index contributed by atoms with van der Waals surface area (Å²) >= 11 is 0. The molecular formula is C19H24N3O3S+. The number of Topliss-reactive ketones (excluding diaryl/α,β-unsaturated/α-hetero) is 1. The van der Waals surface area contributed by atoms with Crippen LogP contribution < -0.4 is 14.5 Å². The van der Waals surface area contributed by atoms with Crippen molar-refractivity contribution in [3.05, 3.63) is 54.1 Å². The predicted molar refractivity (Wildman–Crippen MR) is 103 cm³/mol. The van der Waals surface area contributed by atoms with E-state index in [4.69, 9.17) is 0 Å². The van der Waals surface area contributed by atoms with Gasteiger partial charge in [0.1, 0.15) is 0 Å². The summed E-state index contributed by atoms with van der Waals surface area (Å²) in [6, 6.07) is 13.4. The topological polar surface area (TPSA) is 70.9 Å². The van der Waals surface area contributed by atoms with Gasteiger partial charge < -0.3 is 9.80 Å². The van der Waals surface area contributed by atoms with Gasteiger partial charge in [-0.15, -0.1) is 0 Å². The SMILES string of the molecule is CC(=O)c1ccc(S(=O)(=O)Nc2ccccc2N2CC[NH+](C)CC2)cc1. The first-order valence-corrected chi connectivity index (χ1v) is 10.1. The Bertz CT molecular complexity index is 887. The lowest BCUT2D eigenvalue weighted by Crippen LogP contribution is -3.12. The van der Waals surface area contributed by atoms with E-state index in [1.165, 1.54) is 36.1 Å². The first-order chi connectivity index (χ1) is 12.4. The van der Waals surface area contributed by atoms with Gasteiger partial charge in [-0.3, -0.25) is 9.52 Å². The molecule has 138 valence electrons. The second-order valence-corrected chi connectivity index (χ2v) is 8.33. The quantitative estimate of drug-likeness (QED) is 0.767. The lowest BCUT2D eigenvalue weighted by molar-refractivity contribution is -0.880. The summed E-state index contributed by atoms with van der Waals surface area (Å²) in [6.45, 7) is 5.27. The van der Waals surface area contributed by atoms with E-state index in [-0.39, 0.29) is 10.7 Å². The summed E-state index contributed by atoms with van der Waals surface area (Å²) in [7, 11) is -1.56. The van der Waals surface area contributed by atoms with E-state index in [0.717, 1.165) is 31.9 Å². The van der Waals surface area contributed by atoms with Crippen molar-refractivity contribution >= 4 is 27.2 Å². The van der Waals surface area contributed by atoms with Crippen LogP contribution in [0, 0.1) is 0 Å². The molecule has 0 unspecified atom stereocenters. The number of hydrogen-bond donors (Lipinski definition) is 2. The Labute approximate surface area is 154 Å². The second-order valence-electron chi connectivity index (χ2n) is 6.65. The van der Waals surface area contributed by atoms with Gasteiger partial charge in [-0.1, -0.05) is 24.3 Å². The number of nitrogens with one attached hydrogen (secondary N) is 2. The van der Waals surface area contributed by atoms with Crippen molar-refractivity contribution in [1.82, 2.24) is 0 Å². The first-order valence-electron chi connectivity index (χ1n) is 8.66. The Morgan fingerprint density at radius 1 is 1.04 bits per heavy atom. The zero-order valence-corrected chi connectivity index (χ0v) is 15.8.